The minimum atomic E-state index is -3.30. The van der Waals surface area contributed by atoms with Crippen LogP contribution in [0, 0.1) is 6.92 Å². The van der Waals surface area contributed by atoms with Crippen molar-refractivity contribution in [2.45, 2.75) is 30.8 Å². The molecule has 6 nitrogen and oxygen atoms in total. The number of sulfone groups is 1. The molecule has 1 saturated heterocycles. The van der Waals surface area contributed by atoms with Gasteiger partial charge in [-0.15, -0.1) is 0 Å². The Morgan fingerprint density at radius 1 is 1.07 bits per heavy atom. The van der Waals surface area contributed by atoms with Gasteiger partial charge in [-0.25, -0.2) is 13.4 Å². The molecule has 5 rings (SSSR count). The predicted octanol–water partition coefficient (Wildman–Crippen LogP) is 2.87. The molecule has 1 unspecified atom stereocenters. The number of nitrogens with zero attached hydrogens (tertiary/aromatic N) is 3. The molecular weight excluding hydrogens is 396 g/mol. The van der Waals surface area contributed by atoms with Crippen molar-refractivity contribution in [1.29, 1.82) is 0 Å². The van der Waals surface area contributed by atoms with E-state index in [1.165, 1.54) is 5.56 Å². The van der Waals surface area contributed by atoms with Gasteiger partial charge in [-0.2, -0.15) is 0 Å². The molecule has 0 saturated carbocycles. The van der Waals surface area contributed by atoms with Crippen molar-refractivity contribution in [3.8, 4) is 0 Å². The number of fused-ring (bicyclic) bond motifs is 2. The maximum atomic E-state index is 12.8. The van der Waals surface area contributed by atoms with Gasteiger partial charge in [0.25, 0.3) is 0 Å². The quantitative estimate of drug-likeness (QED) is 0.684. The Hall–Kier alpha value is -2.64. The average molecular weight is 423 g/mol. The van der Waals surface area contributed by atoms with E-state index in [9.17, 15) is 8.42 Å². The molecule has 0 aliphatic carbocycles. The maximum Gasteiger partial charge on any atom is 0.180 e. The van der Waals surface area contributed by atoms with Crippen LogP contribution in [-0.2, 0) is 16.4 Å². The summed E-state index contributed by atoms with van der Waals surface area (Å²) in [4.78, 5) is 9.79. The summed E-state index contributed by atoms with van der Waals surface area (Å²) < 4.78 is 25.5. The van der Waals surface area contributed by atoms with E-state index >= 15 is 0 Å². The van der Waals surface area contributed by atoms with Crippen LogP contribution in [-0.4, -0.2) is 44.8 Å². The van der Waals surface area contributed by atoms with Gasteiger partial charge in [0.2, 0.25) is 0 Å². The number of rotatable bonds is 2. The Kier molecular flexibility index (Phi) is 4.67. The molecule has 30 heavy (non-hydrogen) atoms. The lowest BCUT2D eigenvalue weighted by Gasteiger charge is -2.26. The third-order valence-electron chi connectivity index (χ3n) is 6.12. The highest BCUT2D eigenvalue weighted by molar-refractivity contribution is 7.91. The van der Waals surface area contributed by atoms with E-state index in [1.54, 1.807) is 12.1 Å². The van der Waals surface area contributed by atoms with Crippen LogP contribution >= 0.6 is 0 Å². The first-order valence-corrected chi connectivity index (χ1v) is 12.0. The van der Waals surface area contributed by atoms with Crippen molar-refractivity contribution < 1.29 is 8.42 Å². The van der Waals surface area contributed by atoms with Crippen molar-refractivity contribution in [2.24, 2.45) is 5.73 Å². The smallest absolute Gasteiger partial charge is 0.180 e. The fourth-order valence-electron chi connectivity index (χ4n) is 4.50. The van der Waals surface area contributed by atoms with Gasteiger partial charge < -0.3 is 15.5 Å². The van der Waals surface area contributed by atoms with Gasteiger partial charge in [-0.1, -0.05) is 29.8 Å². The molecule has 0 bridgehead atoms. The Balaban J connectivity index is 1.62. The van der Waals surface area contributed by atoms with E-state index in [1.807, 2.05) is 12.1 Å². The lowest BCUT2D eigenvalue weighted by Crippen LogP contribution is -2.28. The Morgan fingerprint density at radius 2 is 1.90 bits per heavy atom. The molecule has 1 fully saturated rings. The topological polar surface area (TPSA) is 79.5 Å². The maximum absolute atomic E-state index is 12.8. The third-order valence-corrected chi connectivity index (χ3v) is 7.91. The third kappa shape index (κ3) is 3.42. The number of anilines is 2. The summed E-state index contributed by atoms with van der Waals surface area (Å²) in [6.07, 6.45) is 0.973. The van der Waals surface area contributed by atoms with Crippen LogP contribution in [0.2, 0.25) is 0 Å². The van der Waals surface area contributed by atoms with Crippen molar-refractivity contribution in [3.63, 3.8) is 0 Å². The lowest BCUT2D eigenvalue weighted by atomic mass is 10.1. The van der Waals surface area contributed by atoms with E-state index < -0.39 is 9.84 Å². The number of aryl methyl sites for hydroxylation is 1. The zero-order chi connectivity index (χ0) is 20.9. The van der Waals surface area contributed by atoms with Gasteiger partial charge in [0, 0.05) is 49.4 Å². The van der Waals surface area contributed by atoms with E-state index in [2.05, 4.69) is 41.0 Å². The number of nitrogens with two attached hydrogens (primary N) is 1. The van der Waals surface area contributed by atoms with Crippen molar-refractivity contribution in [3.05, 3.63) is 59.7 Å². The zero-order valence-electron chi connectivity index (χ0n) is 17.1. The Morgan fingerprint density at radius 3 is 2.70 bits per heavy atom. The first-order chi connectivity index (χ1) is 14.4. The minimum absolute atomic E-state index is 0.0849. The van der Waals surface area contributed by atoms with E-state index in [4.69, 9.17) is 10.7 Å². The molecule has 3 heterocycles. The summed E-state index contributed by atoms with van der Waals surface area (Å²) in [7, 11) is -3.30. The van der Waals surface area contributed by atoms with Gasteiger partial charge in [0.1, 0.15) is 5.82 Å². The van der Waals surface area contributed by atoms with E-state index in [0.29, 0.717) is 18.0 Å². The summed E-state index contributed by atoms with van der Waals surface area (Å²) >= 11 is 0. The summed E-state index contributed by atoms with van der Waals surface area (Å²) in [5.74, 6) is 0.899. The molecule has 7 heteroatoms. The van der Waals surface area contributed by atoms with Crippen molar-refractivity contribution >= 4 is 32.2 Å². The fraction of sp³-hybridized carbons (Fsp3) is 0.348. The second kappa shape index (κ2) is 7.25. The van der Waals surface area contributed by atoms with Crippen LogP contribution in [0.25, 0.3) is 10.9 Å². The largest absolute Gasteiger partial charge is 0.369 e. The molecule has 2 N–H and O–H groups in total. The molecule has 0 amide bonds. The summed E-state index contributed by atoms with van der Waals surface area (Å²) in [6, 6.07) is 15.9. The van der Waals surface area contributed by atoms with Crippen LogP contribution in [0.15, 0.2) is 53.4 Å². The van der Waals surface area contributed by atoms with Gasteiger partial charge in [-0.05, 0) is 37.1 Å². The zero-order valence-corrected chi connectivity index (χ0v) is 17.9. The Bertz CT molecular complexity index is 1230. The summed E-state index contributed by atoms with van der Waals surface area (Å²) in [5.41, 5.74) is 10.3. The number of hydrogen-bond acceptors (Lipinski definition) is 6. The highest BCUT2D eigenvalue weighted by atomic mass is 32.2. The van der Waals surface area contributed by atoms with Gasteiger partial charge in [-0.3, -0.25) is 0 Å². The Labute approximate surface area is 177 Å². The molecular formula is C23H26N4O2S. The SMILES string of the molecule is Cc1ccc2nc(N3CCS(=O)(=O)c4ccccc4C3)cc(N3CCC(N)C3)c2c1. The number of aromatic nitrogens is 1. The molecule has 156 valence electrons. The molecule has 3 aromatic rings. The molecule has 2 aliphatic heterocycles. The molecule has 0 spiro atoms. The summed E-state index contributed by atoms with van der Waals surface area (Å²) in [6.45, 7) is 4.77. The van der Waals surface area contributed by atoms with E-state index in [-0.39, 0.29) is 11.8 Å². The molecule has 2 aliphatic rings. The minimum Gasteiger partial charge on any atom is -0.369 e. The highest BCUT2D eigenvalue weighted by Crippen LogP contribution is 2.34. The van der Waals surface area contributed by atoms with Crippen molar-refractivity contribution in [2.75, 3.05) is 35.2 Å². The van der Waals surface area contributed by atoms with Gasteiger partial charge in [0.05, 0.1) is 16.2 Å². The summed E-state index contributed by atoms with van der Waals surface area (Å²) in [5, 5.41) is 1.12. The number of benzene rings is 2. The first kappa shape index (κ1) is 19.3. The molecule has 0 radical (unpaired) electrons. The molecule has 2 aromatic carbocycles. The van der Waals surface area contributed by atoms with E-state index in [0.717, 1.165) is 47.5 Å². The monoisotopic (exact) mass is 422 g/mol. The van der Waals surface area contributed by atoms with Crippen LogP contribution in [0.4, 0.5) is 11.5 Å². The second-order valence-electron chi connectivity index (χ2n) is 8.36. The van der Waals surface area contributed by atoms with Crippen LogP contribution in [0.5, 0.6) is 0 Å². The predicted molar refractivity (Wildman–Crippen MR) is 121 cm³/mol. The average Bonchev–Trinajstić information content (AvgIpc) is 3.11. The normalized spacial score (nSPS) is 20.9. The number of pyridine rings is 1. The standard InChI is InChI=1S/C23H26N4O2S/c1-16-6-7-20-19(12-16)21(26-9-8-18(24)15-26)13-23(25-20)27-10-11-30(28,29)22-5-3-2-4-17(22)14-27/h2-7,12-13,18H,8-11,14-15,24H2,1H3. The van der Waals surface area contributed by atoms with Gasteiger partial charge in [0.15, 0.2) is 9.84 Å². The van der Waals surface area contributed by atoms with Crippen LogP contribution in [0.1, 0.15) is 17.5 Å². The molecule has 1 aromatic heterocycles. The van der Waals surface area contributed by atoms with Crippen molar-refractivity contribution in [1.82, 2.24) is 4.98 Å². The van der Waals surface area contributed by atoms with Gasteiger partial charge >= 0.3 is 0 Å². The second-order valence-corrected chi connectivity index (χ2v) is 10.4. The first-order valence-electron chi connectivity index (χ1n) is 10.4. The number of hydrogen-bond donors (Lipinski definition) is 1. The van der Waals surface area contributed by atoms with Crippen LogP contribution in [0.3, 0.4) is 0 Å². The highest BCUT2D eigenvalue weighted by Gasteiger charge is 2.27. The fourth-order valence-corrected chi connectivity index (χ4v) is 6.00. The lowest BCUT2D eigenvalue weighted by molar-refractivity contribution is 0.596. The van der Waals surface area contributed by atoms with Crippen LogP contribution < -0.4 is 15.5 Å². The molecule has 1 atom stereocenters.